The van der Waals surface area contributed by atoms with Crippen molar-refractivity contribution in [3.8, 4) is 0 Å². The Hall–Kier alpha value is 0.117. The molecule has 108 valence electrons. The molecule has 18 heavy (non-hydrogen) atoms. The molecule has 0 aliphatic heterocycles. The second-order valence-corrected chi connectivity index (χ2v) is 7.15. The summed E-state index contributed by atoms with van der Waals surface area (Å²) in [5, 5.41) is -0.189. The highest BCUT2D eigenvalue weighted by Crippen LogP contribution is 2.33. The molecule has 0 N–H and O–H groups in total. The molecule has 0 heterocycles. The maximum Gasteiger partial charge on any atom is 0.512 e. The standard InChI is InChI=1S/C12H26O4SSi/c1-5-9-10-11(12(13)17)18(14-6-2,15-7-3)16-8-4/h11H,5-10H2,1-4H3,(H,13,17). The van der Waals surface area contributed by atoms with E-state index in [1.165, 1.54) is 0 Å². The molecule has 0 spiro atoms. The lowest BCUT2D eigenvalue weighted by Gasteiger charge is -2.33. The summed E-state index contributed by atoms with van der Waals surface area (Å²) in [7, 11) is -2.95. The molecule has 0 aliphatic carbocycles. The van der Waals surface area contributed by atoms with Crippen molar-refractivity contribution < 1.29 is 18.1 Å². The third-order valence-corrected chi connectivity index (χ3v) is 6.64. The van der Waals surface area contributed by atoms with Crippen molar-refractivity contribution >= 4 is 26.5 Å². The number of hydrogen-bond donors (Lipinski definition) is 1. The van der Waals surface area contributed by atoms with Crippen LogP contribution in [-0.2, 0) is 18.1 Å². The molecule has 0 radical (unpaired) electrons. The molecule has 0 bridgehead atoms. The summed E-state index contributed by atoms with van der Waals surface area (Å²) in [6.45, 7) is 9.20. The fourth-order valence-electron chi connectivity index (χ4n) is 1.89. The van der Waals surface area contributed by atoms with E-state index in [0.29, 0.717) is 26.2 Å². The first-order valence-corrected chi connectivity index (χ1v) is 8.97. The van der Waals surface area contributed by atoms with Crippen molar-refractivity contribution in [2.75, 3.05) is 19.8 Å². The van der Waals surface area contributed by atoms with Gasteiger partial charge in [-0.1, -0.05) is 19.8 Å². The van der Waals surface area contributed by atoms with E-state index < -0.39 is 8.80 Å². The van der Waals surface area contributed by atoms with Crippen molar-refractivity contribution in [2.45, 2.75) is 52.5 Å². The van der Waals surface area contributed by atoms with Gasteiger partial charge in [-0.3, -0.25) is 4.79 Å². The second kappa shape index (κ2) is 9.97. The van der Waals surface area contributed by atoms with Crippen LogP contribution in [0.15, 0.2) is 0 Å². The normalized spacial score (nSPS) is 13.6. The third-order valence-electron chi connectivity index (χ3n) is 2.61. The van der Waals surface area contributed by atoms with E-state index >= 15 is 0 Å². The molecular formula is C12H26O4SSi. The summed E-state index contributed by atoms with van der Waals surface area (Å²) in [5.74, 6) is 0. The summed E-state index contributed by atoms with van der Waals surface area (Å²) < 4.78 is 17.3. The number of unbranched alkanes of at least 4 members (excludes halogenated alkanes) is 1. The molecule has 0 aromatic rings. The minimum absolute atomic E-state index is 0.189. The van der Waals surface area contributed by atoms with Crippen molar-refractivity contribution in [3.63, 3.8) is 0 Å². The first kappa shape index (κ1) is 18.1. The van der Waals surface area contributed by atoms with E-state index in [9.17, 15) is 4.79 Å². The average Bonchev–Trinajstić information content (AvgIpc) is 2.30. The molecule has 0 aliphatic rings. The fraction of sp³-hybridized carbons (Fsp3) is 0.917. The van der Waals surface area contributed by atoms with Gasteiger partial charge in [0.2, 0.25) is 0 Å². The van der Waals surface area contributed by atoms with Gasteiger partial charge in [-0.2, -0.15) is 0 Å². The smallest absolute Gasteiger partial charge is 0.373 e. The molecule has 0 aromatic carbocycles. The highest BCUT2D eigenvalue weighted by Gasteiger charge is 2.51. The number of thiol groups is 1. The molecular weight excluding hydrogens is 268 g/mol. The van der Waals surface area contributed by atoms with Crippen molar-refractivity contribution in [3.05, 3.63) is 0 Å². The van der Waals surface area contributed by atoms with Crippen molar-refractivity contribution in [1.82, 2.24) is 0 Å². The Labute approximate surface area is 117 Å². The van der Waals surface area contributed by atoms with Gasteiger partial charge in [0.15, 0.2) is 5.12 Å². The Balaban J connectivity index is 5.07. The zero-order valence-electron chi connectivity index (χ0n) is 11.9. The van der Waals surface area contributed by atoms with E-state index in [2.05, 4.69) is 19.6 Å². The molecule has 1 atom stereocenters. The van der Waals surface area contributed by atoms with E-state index in [-0.39, 0.29) is 10.7 Å². The van der Waals surface area contributed by atoms with E-state index in [0.717, 1.165) is 12.8 Å². The zero-order chi connectivity index (χ0) is 14.0. The Morgan fingerprint density at radius 3 is 1.78 bits per heavy atom. The van der Waals surface area contributed by atoms with Gasteiger partial charge >= 0.3 is 8.80 Å². The van der Waals surface area contributed by atoms with Crippen molar-refractivity contribution in [1.29, 1.82) is 0 Å². The van der Waals surface area contributed by atoms with Crippen LogP contribution in [-0.4, -0.2) is 33.7 Å². The summed E-state index contributed by atoms with van der Waals surface area (Å²) in [6.07, 6.45) is 2.68. The Morgan fingerprint density at radius 1 is 1.06 bits per heavy atom. The highest BCUT2D eigenvalue weighted by atomic mass is 32.1. The molecule has 0 rings (SSSR count). The largest absolute Gasteiger partial charge is 0.512 e. The molecule has 4 nitrogen and oxygen atoms in total. The SMILES string of the molecule is CCCCC(C(=O)S)[Si](OCC)(OCC)OCC. The Kier molecular flexibility index (Phi) is 10.0. The van der Waals surface area contributed by atoms with Crippen LogP contribution in [0.5, 0.6) is 0 Å². The minimum Gasteiger partial charge on any atom is -0.373 e. The van der Waals surface area contributed by atoms with Crippen LogP contribution in [0.1, 0.15) is 47.0 Å². The van der Waals surface area contributed by atoms with Crippen LogP contribution in [0, 0.1) is 0 Å². The van der Waals surface area contributed by atoms with Gasteiger partial charge in [0, 0.05) is 19.8 Å². The van der Waals surface area contributed by atoms with Gasteiger partial charge in [0.1, 0.15) is 0 Å². The van der Waals surface area contributed by atoms with Crippen LogP contribution in [0.4, 0.5) is 0 Å². The average molecular weight is 294 g/mol. The maximum absolute atomic E-state index is 11.8. The fourth-order valence-corrected chi connectivity index (χ4v) is 5.41. The summed E-state index contributed by atoms with van der Waals surface area (Å²) in [4.78, 5) is 11.8. The van der Waals surface area contributed by atoms with Gasteiger partial charge in [-0.15, -0.1) is 12.6 Å². The molecule has 0 saturated carbocycles. The molecule has 0 aromatic heterocycles. The molecule has 0 fully saturated rings. The highest BCUT2D eigenvalue weighted by molar-refractivity contribution is 7.97. The first-order valence-electron chi connectivity index (χ1n) is 6.72. The first-order chi connectivity index (χ1) is 8.57. The number of carbonyl (C=O) groups excluding carboxylic acids is 1. The van der Waals surface area contributed by atoms with E-state index in [1.54, 1.807) is 0 Å². The lowest BCUT2D eigenvalue weighted by Crippen LogP contribution is -2.52. The van der Waals surface area contributed by atoms with E-state index in [1.807, 2.05) is 20.8 Å². The lowest BCUT2D eigenvalue weighted by molar-refractivity contribution is -0.112. The number of rotatable bonds is 11. The summed E-state index contributed by atoms with van der Waals surface area (Å²) in [5.41, 5.74) is -0.361. The Bertz CT molecular complexity index is 221. The quantitative estimate of drug-likeness (QED) is 0.470. The Morgan fingerprint density at radius 2 is 1.50 bits per heavy atom. The van der Waals surface area contributed by atoms with Crippen LogP contribution in [0.3, 0.4) is 0 Å². The van der Waals surface area contributed by atoms with Gasteiger partial charge < -0.3 is 13.3 Å². The van der Waals surface area contributed by atoms with Crippen LogP contribution in [0.2, 0.25) is 5.54 Å². The lowest BCUT2D eigenvalue weighted by atomic mass is 10.2. The monoisotopic (exact) mass is 294 g/mol. The summed E-state index contributed by atoms with van der Waals surface area (Å²) >= 11 is 3.99. The molecule has 6 heteroatoms. The van der Waals surface area contributed by atoms with Crippen LogP contribution < -0.4 is 0 Å². The predicted octanol–water partition coefficient (Wildman–Crippen LogP) is 3.05. The number of carbonyl (C=O) groups is 1. The minimum atomic E-state index is -2.95. The third kappa shape index (κ3) is 5.40. The molecule has 1 unspecified atom stereocenters. The summed E-state index contributed by atoms with van der Waals surface area (Å²) in [6, 6.07) is 0. The molecule has 0 amide bonds. The predicted molar refractivity (Wildman–Crippen MR) is 77.9 cm³/mol. The van der Waals surface area contributed by atoms with Crippen LogP contribution >= 0.6 is 12.6 Å². The second-order valence-electron chi connectivity index (χ2n) is 3.94. The molecule has 0 saturated heterocycles. The topological polar surface area (TPSA) is 44.8 Å². The van der Waals surface area contributed by atoms with E-state index in [4.69, 9.17) is 13.3 Å². The van der Waals surface area contributed by atoms with Gasteiger partial charge in [-0.05, 0) is 27.2 Å². The van der Waals surface area contributed by atoms with Gasteiger partial charge in [-0.25, -0.2) is 0 Å². The maximum atomic E-state index is 11.8. The van der Waals surface area contributed by atoms with Crippen molar-refractivity contribution in [2.24, 2.45) is 0 Å². The van der Waals surface area contributed by atoms with Crippen LogP contribution in [0.25, 0.3) is 0 Å². The van der Waals surface area contributed by atoms with Gasteiger partial charge in [0.05, 0.1) is 5.54 Å². The zero-order valence-corrected chi connectivity index (χ0v) is 13.8. The van der Waals surface area contributed by atoms with Gasteiger partial charge in [0.25, 0.3) is 0 Å². The number of hydrogen-bond acceptors (Lipinski definition) is 4.